The van der Waals surface area contributed by atoms with Gasteiger partial charge in [-0.25, -0.2) is 4.79 Å². The molecule has 0 atom stereocenters. The van der Waals surface area contributed by atoms with Crippen molar-refractivity contribution in [1.82, 2.24) is 0 Å². The first-order valence-electron chi connectivity index (χ1n) is 9.55. The summed E-state index contributed by atoms with van der Waals surface area (Å²) in [5.41, 5.74) is 1.94. The zero-order valence-corrected chi connectivity index (χ0v) is 16.7. The summed E-state index contributed by atoms with van der Waals surface area (Å²) in [4.78, 5) is 25.3. The van der Waals surface area contributed by atoms with Gasteiger partial charge < -0.3 is 9.47 Å². The molecule has 0 bridgehead atoms. The number of methoxy groups -OCH3 is 1. The van der Waals surface area contributed by atoms with E-state index in [1.54, 1.807) is 67.8 Å². The number of benzene rings is 3. The Kier molecular flexibility index (Phi) is 5.80. The van der Waals surface area contributed by atoms with Crippen LogP contribution >= 0.6 is 0 Å². The van der Waals surface area contributed by atoms with Gasteiger partial charge in [0.05, 0.1) is 7.11 Å². The lowest BCUT2D eigenvalue weighted by atomic mass is 10.0. The number of hydrogen-bond acceptors (Lipinski definition) is 6. The predicted octanol–water partition coefficient (Wildman–Crippen LogP) is 4.32. The summed E-state index contributed by atoms with van der Waals surface area (Å²) in [6.07, 6.45) is 1.50. The standard InChI is InChI=1S/C25H18N2O4/c1-30-20-14-12-17(13-15-20)22-16-21(25(29)31-22)26-27-23(18-8-4-2-5-9-18)24(28)19-10-6-3-7-11-19/h2-16H,1H3. The van der Waals surface area contributed by atoms with Gasteiger partial charge in [-0.2, -0.15) is 0 Å². The molecule has 6 nitrogen and oxygen atoms in total. The Balaban J connectivity index is 1.69. The number of carbonyl (C=O) groups is 2. The summed E-state index contributed by atoms with van der Waals surface area (Å²) in [7, 11) is 1.58. The lowest BCUT2D eigenvalue weighted by Crippen LogP contribution is -2.16. The average molecular weight is 410 g/mol. The van der Waals surface area contributed by atoms with Crippen molar-refractivity contribution in [3.8, 4) is 5.75 Å². The maximum absolute atomic E-state index is 13.0. The van der Waals surface area contributed by atoms with E-state index in [1.165, 1.54) is 6.08 Å². The number of cyclic esters (lactones) is 1. The number of ketones is 1. The first-order chi connectivity index (χ1) is 15.2. The molecule has 3 aromatic carbocycles. The van der Waals surface area contributed by atoms with Gasteiger partial charge in [-0.1, -0.05) is 60.7 Å². The van der Waals surface area contributed by atoms with Crippen molar-refractivity contribution in [3.63, 3.8) is 0 Å². The van der Waals surface area contributed by atoms with Crippen LogP contribution in [0.1, 0.15) is 21.5 Å². The fourth-order valence-corrected chi connectivity index (χ4v) is 2.99. The van der Waals surface area contributed by atoms with Crippen molar-refractivity contribution in [2.45, 2.75) is 0 Å². The predicted molar refractivity (Wildman–Crippen MR) is 118 cm³/mol. The van der Waals surface area contributed by atoms with Gasteiger partial charge >= 0.3 is 5.97 Å². The van der Waals surface area contributed by atoms with Crippen molar-refractivity contribution < 1.29 is 19.1 Å². The van der Waals surface area contributed by atoms with Gasteiger partial charge in [0.2, 0.25) is 5.78 Å². The van der Waals surface area contributed by atoms with Crippen molar-refractivity contribution in [2.75, 3.05) is 7.11 Å². The Hall–Kier alpha value is -4.32. The van der Waals surface area contributed by atoms with Crippen LogP contribution in [0.25, 0.3) is 5.76 Å². The molecule has 3 aromatic rings. The highest BCUT2D eigenvalue weighted by Crippen LogP contribution is 2.24. The van der Waals surface area contributed by atoms with Crippen LogP contribution < -0.4 is 4.74 Å². The molecule has 1 heterocycles. The number of hydrogen-bond donors (Lipinski definition) is 0. The third-order valence-corrected chi connectivity index (χ3v) is 4.61. The van der Waals surface area contributed by atoms with Crippen LogP contribution in [0.3, 0.4) is 0 Å². The maximum atomic E-state index is 13.0. The molecule has 4 rings (SSSR count). The Bertz CT molecular complexity index is 1200. The fourth-order valence-electron chi connectivity index (χ4n) is 2.99. The largest absolute Gasteiger partial charge is 0.497 e. The molecule has 0 spiro atoms. The Morgan fingerprint density at radius 3 is 2.06 bits per heavy atom. The fraction of sp³-hybridized carbons (Fsp3) is 0.0400. The molecule has 31 heavy (non-hydrogen) atoms. The number of nitrogens with zero attached hydrogens (tertiary/aromatic N) is 2. The van der Waals surface area contributed by atoms with Gasteiger partial charge in [0.1, 0.15) is 17.2 Å². The molecule has 0 amide bonds. The summed E-state index contributed by atoms with van der Waals surface area (Å²) in [6, 6.07) is 24.9. The van der Waals surface area contributed by atoms with E-state index in [9.17, 15) is 9.59 Å². The molecule has 152 valence electrons. The van der Waals surface area contributed by atoms with Crippen LogP contribution in [0.2, 0.25) is 0 Å². The number of Topliss-reactive ketones (excluding diaryl/α,β-unsaturated/α-hetero) is 1. The van der Waals surface area contributed by atoms with E-state index >= 15 is 0 Å². The van der Waals surface area contributed by atoms with Gasteiger partial charge in [0.15, 0.2) is 5.71 Å². The normalized spacial score (nSPS) is 14.9. The van der Waals surface area contributed by atoms with Crippen molar-refractivity contribution in [1.29, 1.82) is 0 Å². The third-order valence-electron chi connectivity index (χ3n) is 4.61. The van der Waals surface area contributed by atoms with Crippen LogP contribution in [0, 0.1) is 0 Å². The minimum atomic E-state index is -0.630. The van der Waals surface area contributed by atoms with E-state index < -0.39 is 5.97 Å². The summed E-state index contributed by atoms with van der Waals surface area (Å²) in [5.74, 6) is 0.132. The van der Waals surface area contributed by atoms with E-state index in [1.807, 2.05) is 24.3 Å². The van der Waals surface area contributed by atoms with Crippen LogP contribution in [0.15, 0.2) is 101 Å². The highest BCUT2D eigenvalue weighted by Gasteiger charge is 2.24. The van der Waals surface area contributed by atoms with Crippen molar-refractivity contribution in [2.24, 2.45) is 10.2 Å². The summed E-state index contributed by atoms with van der Waals surface area (Å²) in [6.45, 7) is 0. The maximum Gasteiger partial charge on any atom is 0.364 e. The summed E-state index contributed by atoms with van der Waals surface area (Å²) in [5, 5.41) is 8.19. The van der Waals surface area contributed by atoms with E-state index in [0.29, 0.717) is 28.2 Å². The highest BCUT2D eigenvalue weighted by atomic mass is 16.5. The number of esters is 1. The molecular weight excluding hydrogens is 392 g/mol. The molecule has 6 heteroatoms. The van der Waals surface area contributed by atoms with E-state index in [2.05, 4.69) is 10.2 Å². The van der Waals surface area contributed by atoms with Crippen LogP contribution in [0.4, 0.5) is 0 Å². The lowest BCUT2D eigenvalue weighted by Gasteiger charge is -2.04. The molecular formula is C25H18N2O4. The molecule has 1 aliphatic heterocycles. The Labute approximate surface area is 179 Å². The first-order valence-corrected chi connectivity index (χ1v) is 9.55. The highest BCUT2D eigenvalue weighted by molar-refractivity contribution is 6.52. The number of rotatable bonds is 6. The van der Waals surface area contributed by atoms with Crippen LogP contribution in [0.5, 0.6) is 5.75 Å². The topological polar surface area (TPSA) is 77.3 Å². The van der Waals surface area contributed by atoms with Crippen LogP contribution in [-0.4, -0.2) is 30.3 Å². The zero-order valence-electron chi connectivity index (χ0n) is 16.7. The molecule has 0 N–H and O–H groups in total. The molecule has 0 fully saturated rings. The second-order valence-electron chi connectivity index (χ2n) is 6.62. The molecule has 0 aliphatic carbocycles. The number of ether oxygens (including phenoxy) is 2. The van der Waals surface area contributed by atoms with Crippen molar-refractivity contribution >= 4 is 28.9 Å². The Morgan fingerprint density at radius 2 is 1.45 bits per heavy atom. The summed E-state index contributed by atoms with van der Waals surface area (Å²) < 4.78 is 10.5. The number of carbonyl (C=O) groups excluding carboxylic acids is 2. The first kappa shape index (κ1) is 20.0. The second-order valence-corrected chi connectivity index (χ2v) is 6.62. The van der Waals surface area contributed by atoms with Gasteiger partial charge in [0.25, 0.3) is 0 Å². The average Bonchev–Trinajstić information content (AvgIpc) is 3.21. The molecule has 0 radical (unpaired) electrons. The van der Waals surface area contributed by atoms with Crippen LogP contribution in [-0.2, 0) is 9.53 Å². The molecule has 0 unspecified atom stereocenters. The Morgan fingerprint density at radius 1 is 0.839 bits per heavy atom. The minimum absolute atomic E-state index is 0.0140. The minimum Gasteiger partial charge on any atom is -0.497 e. The van der Waals surface area contributed by atoms with Gasteiger partial charge in [-0.3, -0.25) is 4.79 Å². The van der Waals surface area contributed by atoms with Gasteiger partial charge in [-0.15, -0.1) is 10.2 Å². The quantitative estimate of drug-likeness (QED) is 0.262. The van der Waals surface area contributed by atoms with Crippen molar-refractivity contribution in [3.05, 3.63) is 108 Å². The molecule has 0 aromatic heterocycles. The lowest BCUT2D eigenvalue weighted by molar-refractivity contribution is -0.128. The smallest absolute Gasteiger partial charge is 0.364 e. The molecule has 0 saturated heterocycles. The van der Waals surface area contributed by atoms with E-state index in [4.69, 9.17) is 9.47 Å². The SMILES string of the molecule is COc1ccc(C2=CC(=NN=C(C(=O)c3ccccc3)c3ccccc3)C(=O)O2)cc1. The van der Waals surface area contributed by atoms with Gasteiger partial charge in [0, 0.05) is 22.8 Å². The van der Waals surface area contributed by atoms with E-state index in [-0.39, 0.29) is 17.2 Å². The van der Waals surface area contributed by atoms with Gasteiger partial charge in [-0.05, 0) is 24.3 Å². The molecule has 0 saturated carbocycles. The van der Waals surface area contributed by atoms with E-state index in [0.717, 1.165) is 0 Å². The monoisotopic (exact) mass is 410 g/mol. The summed E-state index contributed by atoms with van der Waals surface area (Å²) >= 11 is 0. The second kappa shape index (κ2) is 9.00. The molecule has 1 aliphatic rings. The third kappa shape index (κ3) is 4.48. The zero-order chi connectivity index (χ0) is 21.6.